The van der Waals surface area contributed by atoms with Crippen molar-refractivity contribution in [3.8, 4) is 0 Å². The van der Waals surface area contributed by atoms with E-state index in [0.29, 0.717) is 5.92 Å². The van der Waals surface area contributed by atoms with E-state index in [1.54, 1.807) is 6.08 Å². The molecule has 0 heterocycles. The molecule has 1 aliphatic carbocycles. The molecule has 0 unspecified atom stereocenters. The van der Waals surface area contributed by atoms with Crippen LogP contribution < -0.4 is 0 Å². The van der Waals surface area contributed by atoms with Crippen LogP contribution in [0.1, 0.15) is 44.9 Å². The lowest BCUT2D eigenvalue weighted by Crippen LogP contribution is -2.24. The van der Waals surface area contributed by atoms with Crippen molar-refractivity contribution in [1.82, 2.24) is 0 Å². The molecule has 2 heteroatoms. The Labute approximate surface area is 86.6 Å². The van der Waals surface area contributed by atoms with Crippen molar-refractivity contribution >= 4 is 0 Å². The van der Waals surface area contributed by atoms with Crippen LogP contribution in [0.25, 0.3) is 0 Å². The molecule has 0 saturated heterocycles. The monoisotopic (exact) mass is 198 g/mol. The van der Waals surface area contributed by atoms with Gasteiger partial charge in [-0.2, -0.15) is 0 Å². The molecule has 0 aromatic carbocycles. The Morgan fingerprint density at radius 2 is 1.93 bits per heavy atom. The Morgan fingerprint density at radius 3 is 2.64 bits per heavy atom. The van der Waals surface area contributed by atoms with Crippen LogP contribution in [0.2, 0.25) is 0 Å². The van der Waals surface area contributed by atoms with Crippen LogP contribution in [0.3, 0.4) is 0 Å². The molecule has 0 bridgehead atoms. The number of hydrogen-bond donors (Lipinski definition) is 2. The Hall–Kier alpha value is -0.340. The molecule has 1 saturated carbocycles. The first kappa shape index (κ1) is 11.7. The van der Waals surface area contributed by atoms with Gasteiger partial charge in [0.25, 0.3) is 0 Å². The van der Waals surface area contributed by atoms with Crippen LogP contribution in [-0.4, -0.2) is 22.9 Å². The van der Waals surface area contributed by atoms with Crippen LogP contribution in [0.5, 0.6) is 0 Å². The van der Waals surface area contributed by atoms with Crippen molar-refractivity contribution in [2.45, 2.75) is 51.0 Å². The number of unbranched alkanes of at least 4 members (excludes halogenated alkanes) is 1. The van der Waals surface area contributed by atoms with Gasteiger partial charge in [0.15, 0.2) is 0 Å². The lowest BCUT2D eigenvalue weighted by atomic mass is 9.83. The van der Waals surface area contributed by atoms with Crippen molar-refractivity contribution in [3.63, 3.8) is 0 Å². The molecule has 0 aromatic heterocycles. The summed E-state index contributed by atoms with van der Waals surface area (Å²) in [5, 5.41) is 18.2. The highest BCUT2D eigenvalue weighted by molar-refractivity contribution is 4.82. The second-order valence-electron chi connectivity index (χ2n) is 4.20. The Kier molecular flexibility index (Phi) is 5.88. The molecule has 0 spiro atoms. The van der Waals surface area contributed by atoms with Gasteiger partial charge in [0.2, 0.25) is 0 Å². The van der Waals surface area contributed by atoms with E-state index in [4.69, 9.17) is 5.11 Å². The summed E-state index contributed by atoms with van der Waals surface area (Å²) in [4.78, 5) is 0. The Balaban J connectivity index is 2.07. The predicted molar refractivity (Wildman–Crippen MR) is 58.0 cm³/mol. The van der Waals surface area contributed by atoms with E-state index in [-0.39, 0.29) is 12.7 Å². The molecule has 2 nitrogen and oxygen atoms in total. The molecule has 2 N–H and O–H groups in total. The highest BCUT2D eigenvalue weighted by atomic mass is 16.3. The maximum atomic E-state index is 9.71. The van der Waals surface area contributed by atoms with E-state index in [1.165, 1.54) is 19.3 Å². The average Bonchev–Trinajstić information content (AvgIpc) is 2.20. The van der Waals surface area contributed by atoms with Crippen LogP contribution >= 0.6 is 0 Å². The fourth-order valence-corrected chi connectivity index (χ4v) is 2.22. The summed E-state index contributed by atoms with van der Waals surface area (Å²) >= 11 is 0. The number of rotatable bonds is 5. The zero-order valence-electron chi connectivity index (χ0n) is 8.86. The van der Waals surface area contributed by atoms with Crippen LogP contribution in [0.4, 0.5) is 0 Å². The van der Waals surface area contributed by atoms with Crippen molar-refractivity contribution < 1.29 is 10.2 Å². The molecule has 1 rings (SSSR count). The summed E-state index contributed by atoms with van der Waals surface area (Å²) in [5.74, 6) is 0.534. The third kappa shape index (κ3) is 4.25. The normalized spacial score (nSPS) is 28.4. The number of hydrogen-bond acceptors (Lipinski definition) is 2. The van der Waals surface area contributed by atoms with E-state index in [9.17, 15) is 5.11 Å². The minimum atomic E-state index is -0.0504. The highest BCUT2D eigenvalue weighted by Crippen LogP contribution is 2.28. The second-order valence-corrected chi connectivity index (χ2v) is 4.20. The summed E-state index contributed by atoms with van der Waals surface area (Å²) in [5.41, 5.74) is 0. The molecule has 1 aliphatic rings. The lowest BCUT2D eigenvalue weighted by Gasteiger charge is -2.27. The maximum absolute atomic E-state index is 9.71. The second kappa shape index (κ2) is 7.02. The molecule has 0 aliphatic heterocycles. The van der Waals surface area contributed by atoms with Crippen molar-refractivity contribution in [2.24, 2.45) is 5.92 Å². The number of aliphatic hydroxyl groups excluding tert-OH is 2. The quantitative estimate of drug-likeness (QED) is 0.525. The van der Waals surface area contributed by atoms with Crippen molar-refractivity contribution in [2.75, 3.05) is 6.61 Å². The van der Waals surface area contributed by atoms with Crippen LogP contribution in [0.15, 0.2) is 12.2 Å². The van der Waals surface area contributed by atoms with Gasteiger partial charge in [-0.1, -0.05) is 25.0 Å². The molecule has 14 heavy (non-hydrogen) atoms. The minimum absolute atomic E-state index is 0.0504. The van der Waals surface area contributed by atoms with E-state index in [2.05, 4.69) is 0 Å². The fourth-order valence-electron chi connectivity index (χ4n) is 2.22. The zero-order valence-corrected chi connectivity index (χ0v) is 8.86. The Morgan fingerprint density at radius 1 is 1.14 bits per heavy atom. The average molecular weight is 198 g/mol. The lowest BCUT2D eigenvalue weighted by molar-refractivity contribution is 0.0644. The summed E-state index contributed by atoms with van der Waals surface area (Å²) in [6, 6.07) is 0. The molecule has 0 amide bonds. The number of allylic oxidation sites excluding steroid dienone is 1. The summed E-state index contributed by atoms with van der Waals surface area (Å²) in [6.07, 6.45) is 11.7. The smallest absolute Gasteiger partial charge is 0.0612 e. The standard InChI is InChI=1S/C12H22O2/c13-10-6-2-1-3-7-11-8-4-5-9-12(11)14/h2,6,11-14H,1,3-5,7-10H2/b6-2+/t11-,12+/m0/s1. The zero-order chi connectivity index (χ0) is 10.2. The summed E-state index contributed by atoms with van der Waals surface area (Å²) < 4.78 is 0. The SMILES string of the molecule is OC/C=C/CCC[C@H]1CCCC[C@H]1O. The fraction of sp³-hybridized carbons (Fsp3) is 0.833. The minimum Gasteiger partial charge on any atom is -0.393 e. The summed E-state index contributed by atoms with van der Waals surface area (Å²) in [7, 11) is 0. The molecule has 0 radical (unpaired) electrons. The van der Waals surface area contributed by atoms with E-state index < -0.39 is 0 Å². The molecule has 82 valence electrons. The van der Waals surface area contributed by atoms with Gasteiger partial charge in [-0.05, 0) is 38.0 Å². The van der Waals surface area contributed by atoms with Gasteiger partial charge in [-0.3, -0.25) is 0 Å². The van der Waals surface area contributed by atoms with E-state index in [0.717, 1.165) is 25.7 Å². The van der Waals surface area contributed by atoms with Gasteiger partial charge in [0.1, 0.15) is 0 Å². The first-order valence-electron chi connectivity index (χ1n) is 5.78. The van der Waals surface area contributed by atoms with Gasteiger partial charge in [0.05, 0.1) is 12.7 Å². The highest BCUT2D eigenvalue weighted by Gasteiger charge is 2.21. The molecular formula is C12H22O2. The third-order valence-electron chi connectivity index (χ3n) is 3.09. The largest absolute Gasteiger partial charge is 0.393 e. The van der Waals surface area contributed by atoms with Gasteiger partial charge in [-0.15, -0.1) is 0 Å². The van der Waals surface area contributed by atoms with E-state index in [1.807, 2.05) is 6.08 Å². The molecular weight excluding hydrogens is 176 g/mol. The molecule has 0 aromatic rings. The van der Waals surface area contributed by atoms with E-state index >= 15 is 0 Å². The van der Waals surface area contributed by atoms with Crippen molar-refractivity contribution in [3.05, 3.63) is 12.2 Å². The molecule has 1 fully saturated rings. The predicted octanol–water partition coefficient (Wildman–Crippen LogP) is 2.26. The first-order valence-corrected chi connectivity index (χ1v) is 5.78. The van der Waals surface area contributed by atoms with Gasteiger partial charge in [0, 0.05) is 0 Å². The third-order valence-corrected chi connectivity index (χ3v) is 3.09. The first-order chi connectivity index (χ1) is 6.84. The van der Waals surface area contributed by atoms with Gasteiger partial charge < -0.3 is 10.2 Å². The van der Waals surface area contributed by atoms with Crippen molar-refractivity contribution in [1.29, 1.82) is 0 Å². The van der Waals surface area contributed by atoms with Gasteiger partial charge in [-0.25, -0.2) is 0 Å². The van der Waals surface area contributed by atoms with Gasteiger partial charge >= 0.3 is 0 Å². The number of aliphatic hydroxyl groups is 2. The molecule has 2 atom stereocenters. The maximum Gasteiger partial charge on any atom is 0.0612 e. The topological polar surface area (TPSA) is 40.5 Å². The van der Waals surface area contributed by atoms with Crippen LogP contribution in [0, 0.1) is 5.92 Å². The summed E-state index contributed by atoms with van der Waals surface area (Å²) in [6.45, 7) is 0.145. The van der Waals surface area contributed by atoms with Crippen LogP contribution in [-0.2, 0) is 0 Å². The Bertz CT molecular complexity index is 166.